The van der Waals surface area contributed by atoms with Gasteiger partial charge in [-0.25, -0.2) is 9.78 Å². The van der Waals surface area contributed by atoms with E-state index in [1.165, 1.54) is 12.1 Å². The van der Waals surface area contributed by atoms with E-state index in [1.807, 2.05) is 0 Å². The average Bonchev–Trinajstić information content (AvgIpc) is 2.92. The van der Waals surface area contributed by atoms with Crippen molar-refractivity contribution < 1.29 is 19.4 Å². The summed E-state index contributed by atoms with van der Waals surface area (Å²) in [6, 6.07) is 6.31. The van der Waals surface area contributed by atoms with E-state index in [2.05, 4.69) is 4.98 Å². The van der Waals surface area contributed by atoms with Gasteiger partial charge >= 0.3 is 5.97 Å². The molecule has 6 heteroatoms. The van der Waals surface area contributed by atoms with Gasteiger partial charge < -0.3 is 14.6 Å². The molecule has 0 unspecified atom stereocenters. The Bertz CT molecular complexity index is 785. The van der Waals surface area contributed by atoms with Crippen LogP contribution >= 0.6 is 0 Å². The molecular formula is C13H10N2O4. The highest BCUT2D eigenvalue weighted by molar-refractivity contribution is 5.95. The average molecular weight is 258 g/mol. The molecule has 0 aliphatic rings. The first-order valence-electron chi connectivity index (χ1n) is 5.57. The first kappa shape index (κ1) is 11.3. The van der Waals surface area contributed by atoms with Crippen molar-refractivity contribution in [1.29, 1.82) is 0 Å². The van der Waals surface area contributed by atoms with Gasteiger partial charge in [-0.15, -0.1) is 0 Å². The number of aromatic nitrogens is 2. The lowest BCUT2D eigenvalue weighted by Gasteiger charge is -1.98. The van der Waals surface area contributed by atoms with E-state index in [0.29, 0.717) is 22.9 Å². The molecule has 0 aliphatic heterocycles. The molecule has 3 aromatic rings. The summed E-state index contributed by atoms with van der Waals surface area (Å²) in [4.78, 5) is 15.3. The number of hydrogen-bond acceptors (Lipinski definition) is 4. The molecule has 0 spiro atoms. The number of pyridine rings is 1. The molecule has 3 heterocycles. The topological polar surface area (TPSA) is 88.0 Å². The molecule has 19 heavy (non-hydrogen) atoms. The maximum absolute atomic E-state index is 11.2. The van der Waals surface area contributed by atoms with Crippen molar-refractivity contribution in [2.24, 2.45) is 0 Å². The summed E-state index contributed by atoms with van der Waals surface area (Å²) in [5, 5.41) is 18.6. The van der Waals surface area contributed by atoms with Crippen molar-refractivity contribution in [2.45, 2.75) is 6.92 Å². The summed E-state index contributed by atoms with van der Waals surface area (Å²) in [5.41, 5.74) is 0.191. The Morgan fingerprint density at radius 3 is 2.79 bits per heavy atom. The van der Waals surface area contributed by atoms with E-state index in [1.54, 1.807) is 29.7 Å². The van der Waals surface area contributed by atoms with Crippen LogP contribution in [0.4, 0.5) is 0 Å². The number of nitrogens with zero attached hydrogens (tertiary/aromatic N) is 2. The van der Waals surface area contributed by atoms with Crippen molar-refractivity contribution in [3.8, 4) is 17.3 Å². The van der Waals surface area contributed by atoms with Crippen molar-refractivity contribution >= 4 is 11.5 Å². The highest BCUT2D eigenvalue weighted by Gasteiger charge is 2.19. The smallest absolute Gasteiger partial charge is 0.356 e. The molecule has 0 saturated heterocycles. The number of carbonyl (C=O) groups is 1. The predicted octanol–water partition coefficient (Wildman–Crippen LogP) is 2.31. The quantitative estimate of drug-likeness (QED) is 0.736. The second-order valence-electron chi connectivity index (χ2n) is 4.14. The number of rotatable bonds is 2. The zero-order valence-corrected chi connectivity index (χ0v) is 9.99. The van der Waals surface area contributed by atoms with E-state index in [-0.39, 0.29) is 11.4 Å². The molecule has 0 amide bonds. The molecule has 96 valence electrons. The second kappa shape index (κ2) is 3.88. The molecule has 0 aromatic carbocycles. The minimum Gasteiger partial charge on any atom is -0.508 e. The van der Waals surface area contributed by atoms with Crippen LogP contribution in [0.25, 0.3) is 17.1 Å². The third-order valence-corrected chi connectivity index (χ3v) is 2.79. The normalized spacial score (nSPS) is 11.0. The standard InChI is InChI=1S/C13H10N2O4/c1-7-2-3-10(19-7)12-14-11(13(17)18)9-6-8(16)4-5-15(9)12/h2-6,16H,1H3,(H,17,18). The molecule has 3 aromatic heterocycles. The summed E-state index contributed by atoms with van der Waals surface area (Å²) < 4.78 is 7.03. The van der Waals surface area contributed by atoms with Crippen LogP contribution < -0.4 is 0 Å². The monoisotopic (exact) mass is 258 g/mol. The van der Waals surface area contributed by atoms with Gasteiger partial charge in [-0.3, -0.25) is 4.40 Å². The zero-order chi connectivity index (χ0) is 13.6. The van der Waals surface area contributed by atoms with Crippen LogP contribution in [0, 0.1) is 6.92 Å². The van der Waals surface area contributed by atoms with Gasteiger partial charge in [-0.05, 0) is 25.1 Å². The number of aromatic carboxylic acids is 1. The van der Waals surface area contributed by atoms with E-state index < -0.39 is 5.97 Å². The maximum Gasteiger partial charge on any atom is 0.356 e. The molecule has 6 nitrogen and oxygen atoms in total. The van der Waals surface area contributed by atoms with Gasteiger partial charge in [0.2, 0.25) is 0 Å². The lowest BCUT2D eigenvalue weighted by Crippen LogP contribution is -1.97. The van der Waals surface area contributed by atoms with Gasteiger partial charge in [0.15, 0.2) is 17.3 Å². The number of imidazole rings is 1. The molecule has 2 N–H and O–H groups in total. The number of aryl methyl sites for hydroxylation is 1. The maximum atomic E-state index is 11.2. The van der Waals surface area contributed by atoms with Crippen LogP contribution in [0.5, 0.6) is 5.75 Å². The summed E-state index contributed by atoms with van der Waals surface area (Å²) >= 11 is 0. The highest BCUT2D eigenvalue weighted by Crippen LogP contribution is 2.26. The fourth-order valence-electron chi connectivity index (χ4n) is 1.96. The van der Waals surface area contributed by atoms with Gasteiger partial charge in [0, 0.05) is 12.3 Å². The Morgan fingerprint density at radius 1 is 1.37 bits per heavy atom. The molecule has 0 fully saturated rings. The summed E-state index contributed by atoms with van der Waals surface area (Å²) in [6.07, 6.45) is 1.55. The van der Waals surface area contributed by atoms with E-state index in [4.69, 9.17) is 9.52 Å². The minimum absolute atomic E-state index is 0.0166. The van der Waals surface area contributed by atoms with Crippen LogP contribution in [0.1, 0.15) is 16.2 Å². The number of fused-ring (bicyclic) bond motifs is 1. The fraction of sp³-hybridized carbons (Fsp3) is 0.0769. The summed E-state index contributed by atoms with van der Waals surface area (Å²) in [5.74, 6) is 0.406. The third kappa shape index (κ3) is 1.74. The second-order valence-corrected chi connectivity index (χ2v) is 4.14. The lowest BCUT2D eigenvalue weighted by atomic mass is 10.3. The van der Waals surface area contributed by atoms with Crippen molar-refractivity contribution in [3.05, 3.63) is 41.9 Å². The van der Waals surface area contributed by atoms with E-state index in [0.717, 1.165) is 0 Å². The highest BCUT2D eigenvalue weighted by atomic mass is 16.4. The van der Waals surface area contributed by atoms with E-state index in [9.17, 15) is 9.90 Å². The van der Waals surface area contributed by atoms with E-state index >= 15 is 0 Å². The van der Waals surface area contributed by atoms with Crippen molar-refractivity contribution in [1.82, 2.24) is 9.38 Å². The van der Waals surface area contributed by atoms with Gasteiger partial charge in [0.1, 0.15) is 11.5 Å². The summed E-state index contributed by atoms with van der Waals surface area (Å²) in [7, 11) is 0. The zero-order valence-electron chi connectivity index (χ0n) is 9.99. The number of hydrogen-bond donors (Lipinski definition) is 2. The number of aromatic hydroxyl groups is 1. The van der Waals surface area contributed by atoms with Crippen LogP contribution in [0.3, 0.4) is 0 Å². The SMILES string of the molecule is Cc1ccc(-c2nc(C(=O)O)c3cc(O)ccn23)o1. The van der Waals surface area contributed by atoms with Gasteiger partial charge in [-0.1, -0.05) is 0 Å². The fourth-order valence-corrected chi connectivity index (χ4v) is 1.96. The largest absolute Gasteiger partial charge is 0.508 e. The Kier molecular flexibility index (Phi) is 2.31. The molecule has 0 saturated carbocycles. The molecule has 0 aliphatic carbocycles. The Hall–Kier alpha value is -2.76. The van der Waals surface area contributed by atoms with Gasteiger partial charge in [0.25, 0.3) is 0 Å². The lowest BCUT2D eigenvalue weighted by molar-refractivity contribution is 0.0693. The first-order valence-corrected chi connectivity index (χ1v) is 5.57. The van der Waals surface area contributed by atoms with Crippen LogP contribution in [-0.2, 0) is 0 Å². The van der Waals surface area contributed by atoms with Gasteiger partial charge in [0.05, 0.1) is 5.52 Å². The molecule has 0 radical (unpaired) electrons. The Labute approximate surface area is 107 Å². The number of furan rings is 1. The van der Waals surface area contributed by atoms with Crippen LogP contribution in [0.2, 0.25) is 0 Å². The minimum atomic E-state index is -1.15. The predicted molar refractivity (Wildman–Crippen MR) is 66.3 cm³/mol. The number of carboxylic acid groups (broad SMARTS) is 1. The molecule has 3 rings (SSSR count). The number of carboxylic acids is 1. The van der Waals surface area contributed by atoms with Gasteiger partial charge in [-0.2, -0.15) is 0 Å². The third-order valence-electron chi connectivity index (χ3n) is 2.79. The molecule has 0 bridgehead atoms. The Balaban J connectivity index is 2.34. The summed E-state index contributed by atoms with van der Waals surface area (Å²) in [6.45, 7) is 1.79. The van der Waals surface area contributed by atoms with Crippen LogP contribution in [-0.4, -0.2) is 25.6 Å². The molecule has 0 atom stereocenters. The van der Waals surface area contributed by atoms with Crippen molar-refractivity contribution in [2.75, 3.05) is 0 Å². The van der Waals surface area contributed by atoms with Crippen LogP contribution in [0.15, 0.2) is 34.9 Å². The Morgan fingerprint density at radius 2 is 2.16 bits per heavy atom. The molecular weight excluding hydrogens is 248 g/mol. The first-order chi connectivity index (χ1) is 9.06. The van der Waals surface area contributed by atoms with Crippen molar-refractivity contribution in [3.63, 3.8) is 0 Å².